The number of thioether (sulfide) groups is 1. The van der Waals surface area contributed by atoms with Crippen molar-refractivity contribution in [1.82, 2.24) is 4.90 Å². The number of amides is 1. The van der Waals surface area contributed by atoms with Gasteiger partial charge in [-0.25, -0.2) is 0 Å². The Morgan fingerprint density at radius 1 is 1.20 bits per heavy atom. The van der Waals surface area contributed by atoms with Gasteiger partial charge in [0, 0.05) is 39.9 Å². The van der Waals surface area contributed by atoms with Gasteiger partial charge in [-0.05, 0) is 42.5 Å². The molecule has 1 fully saturated rings. The number of benzene rings is 2. The molecule has 132 valence electrons. The Morgan fingerprint density at radius 3 is 2.60 bits per heavy atom. The molecule has 6 heteroatoms. The maximum Gasteiger partial charge on any atom is 0.254 e. The topological polar surface area (TPSA) is 38.8 Å². The number of hydrogen-bond donors (Lipinski definition) is 0. The van der Waals surface area contributed by atoms with E-state index in [9.17, 15) is 4.79 Å². The fourth-order valence-electron chi connectivity index (χ4n) is 2.67. The van der Waals surface area contributed by atoms with E-state index in [0.717, 1.165) is 27.0 Å². The molecule has 1 aliphatic heterocycles. The van der Waals surface area contributed by atoms with Crippen LogP contribution in [-0.2, 0) is 10.5 Å². The Balaban J connectivity index is 1.75. The Bertz CT molecular complexity index is 730. The quantitative estimate of drug-likeness (QED) is 0.735. The first-order valence-electron chi connectivity index (χ1n) is 8.09. The van der Waals surface area contributed by atoms with Crippen molar-refractivity contribution in [3.05, 3.63) is 58.6 Å². The molecule has 0 atom stereocenters. The van der Waals surface area contributed by atoms with Gasteiger partial charge < -0.3 is 14.4 Å². The van der Waals surface area contributed by atoms with Gasteiger partial charge in [0.15, 0.2) is 0 Å². The summed E-state index contributed by atoms with van der Waals surface area (Å²) in [5, 5.41) is 0.722. The molecular formula is C19H20ClNO3S. The van der Waals surface area contributed by atoms with Gasteiger partial charge in [-0.15, -0.1) is 11.8 Å². The zero-order valence-corrected chi connectivity index (χ0v) is 15.6. The zero-order valence-electron chi connectivity index (χ0n) is 14.0. The fraction of sp³-hybridized carbons (Fsp3) is 0.316. The number of ether oxygens (including phenoxy) is 2. The van der Waals surface area contributed by atoms with Crippen molar-refractivity contribution in [2.45, 2.75) is 10.6 Å². The summed E-state index contributed by atoms with van der Waals surface area (Å²) in [6.45, 7) is 2.47. The minimum absolute atomic E-state index is 0.0451. The maximum atomic E-state index is 12.7. The summed E-state index contributed by atoms with van der Waals surface area (Å²) < 4.78 is 10.8. The molecule has 0 bridgehead atoms. The summed E-state index contributed by atoms with van der Waals surface area (Å²) in [7, 11) is 1.65. The molecule has 1 saturated heterocycles. The van der Waals surface area contributed by atoms with Gasteiger partial charge in [-0.3, -0.25) is 4.79 Å². The minimum atomic E-state index is 0.0451. The van der Waals surface area contributed by atoms with Crippen LogP contribution < -0.4 is 4.74 Å². The first-order valence-corrected chi connectivity index (χ1v) is 9.46. The Labute approximate surface area is 157 Å². The lowest BCUT2D eigenvalue weighted by Crippen LogP contribution is -2.40. The average molecular weight is 378 g/mol. The second-order valence-electron chi connectivity index (χ2n) is 5.67. The van der Waals surface area contributed by atoms with Crippen LogP contribution in [0.4, 0.5) is 0 Å². The van der Waals surface area contributed by atoms with Crippen LogP contribution in [0.1, 0.15) is 15.9 Å². The van der Waals surface area contributed by atoms with Gasteiger partial charge in [-0.1, -0.05) is 11.6 Å². The molecule has 25 heavy (non-hydrogen) atoms. The number of rotatable bonds is 5. The summed E-state index contributed by atoms with van der Waals surface area (Å²) in [5.74, 6) is 1.55. The van der Waals surface area contributed by atoms with Crippen LogP contribution in [0.3, 0.4) is 0 Å². The standard InChI is InChI=1S/C19H20ClNO3S/c1-23-18-7-2-14(19(22)21-8-10-24-11-9-21)12-15(18)13-25-17-5-3-16(20)4-6-17/h2-7,12H,8-11,13H2,1H3. The highest BCUT2D eigenvalue weighted by Crippen LogP contribution is 2.30. The van der Waals surface area contributed by atoms with E-state index in [1.807, 2.05) is 47.4 Å². The molecule has 4 nitrogen and oxygen atoms in total. The van der Waals surface area contributed by atoms with Crippen molar-refractivity contribution in [2.75, 3.05) is 33.4 Å². The van der Waals surface area contributed by atoms with Crippen molar-refractivity contribution in [2.24, 2.45) is 0 Å². The van der Waals surface area contributed by atoms with E-state index in [1.54, 1.807) is 18.9 Å². The molecule has 0 saturated carbocycles. The predicted octanol–water partition coefficient (Wildman–Crippen LogP) is 4.11. The number of halogens is 1. The molecular weight excluding hydrogens is 358 g/mol. The van der Waals surface area contributed by atoms with Crippen molar-refractivity contribution in [3.8, 4) is 5.75 Å². The molecule has 0 aliphatic carbocycles. The van der Waals surface area contributed by atoms with E-state index < -0.39 is 0 Å². The van der Waals surface area contributed by atoms with Crippen LogP contribution in [0.5, 0.6) is 5.75 Å². The van der Waals surface area contributed by atoms with Gasteiger partial charge in [0.2, 0.25) is 0 Å². The minimum Gasteiger partial charge on any atom is -0.496 e. The summed E-state index contributed by atoms with van der Waals surface area (Å²) in [4.78, 5) is 15.6. The summed E-state index contributed by atoms with van der Waals surface area (Å²) in [6.07, 6.45) is 0. The van der Waals surface area contributed by atoms with E-state index in [2.05, 4.69) is 0 Å². The first-order chi connectivity index (χ1) is 12.2. The van der Waals surface area contributed by atoms with Gasteiger partial charge in [0.05, 0.1) is 20.3 Å². The first kappa shape index (κ1) is 18.1. The van der Waals surface area contributed by atoms with Gasteiger partial charge in [-0.2, -0.15) is 0 Å². The number of carbonyl (C=O) groups is 1. The number of nitrogens with zero attached hydrogens (tertiary/aromatic N) is 1. The molecule has 0 spiro atoms. The second-order valence-corrected chi connectivity index (χ2v) is 7.16. The fourth-order valence-corrected chi connectivity index (χ4v) is 3.67. The average Bonchev–Trinajstić information content (AvgIpc) is 2.67. The summed E-state index contributed by atoms with van der Waals surface area (Å²) >= 11 is 7.61. The molecule has 2 aromatic carbocycles. The summed E-state index contributed by atoms with van der Waals surface area (Å²) in [6, 6.07) is 13.3. The second kappa shape index (κ2) is 8.61. The van der Waals surface area contributed by atoms with Crippen LogP contribution in [0.15, 0.2) is 47.4 Å². The maximum absolute atomic E-state index is 12.7. The van der Waals surface area contributed by atoms with Gasteiger partial charge >= 0.3 is 0 Å². The van der Waals surface area contributed by atoms with E-state index in [4.69, 9.17) is 21.1 Å². The molecule has 1 heterocycles. The Hall–Kier alpha value is -1.69. The van der Waals surface area contributed by atoms with Crippen molar-refractivity contribution in [3.63, 3.8) is 0 Å². The SMILES string of the molecule is COc1ccc(C(=O)N2CCOCC2)cc1CSc1ccc(Cl)cc1. The highest BCUT2D eigenvalue weighted by atomic mass is 35.5. The third-order valence-corrected chi connectivity index (χ3v) is 5.35. The van der Waals surface area contributed by atoms with Crippen LogP contribution in [0.2, 0.25) is 5.02 Å². The van der Waals surface area contributed by atoms with Crippen LogP contribution in [0.25, 0.3) is 0 Å². The normalized spacial score (nSPS) is 14.4. The predicted molar refractivity (Wildman–Crippen MR) is 101 cm³/mol. The van der Waals surface area contributed by atoms with Crippen LogP contribution in [-0.4, -0.2) is 44.2 Å². The lowest BCUT2D eigenvalue weighted by atomic mass is 10.1. The molecule has 1 amide bonds. The van der Waals surface area contributed by atoms with Gasteiger partial charge in [0.1, 0.15) is 5.75 Å². The van der Waals surface area contributed by atoms with Gasteiger partial charge in [0.25, 0.3) is 5.91 Å². The number of morpholine rings is 1. The summed E-state index contributed by atoms with van der Waals surface area (Å²) in [5.41, 5.74) is 1.69. The zero-order chi connectivity index (χ0) is 17.6. The van der Waals surface area contributed by atoms with E-state index in [1.165, 1.54) is 0 Å². The van der Waals surface area contributed by atoms with Crippen molar-refractivity contribution in [1.29, 1.82) is 0 Å². The molecule has 0 unspecified atom stereocenters. The smallest absolute Gasteiger partial charge is 0.254 e. The Kier molecular flexibility index (Phi) is 6.24. The van der Waals surface area contributed by atoms with Crippen molar-refractivity contribution >= 4 is 29.3 Å². The largest absolute Gasteiger partial charge is 0.496 e. The highest BCUT2D eigenvalue weighted by molar-refractivity contribution is 7.98. The lowest BCUT2D eigenvalue weighted by molar-refractivity contribution is 0.0303. The molecule has 0 radical (unpaired) electrons. The van der Waals surface area contributed by atoms with Crippen LogP contribution >= 0.6 is 23.4 Å². The monoisotopic (exact) mass is 377 g/mol. The van der Waals surface area contributed by atoms with Crippen molar-refractivity contribution < 1.29 is 14.3 Å². The lowest BCUT2D eigenvalue weighted by Gasteiger charge is -2.27. The number of carbonyl (C=O) groups excluding carboxylic acids is 1. The molecule has 0 N–H and O–H groups in total. The Morgan fingerprint density at radius 2 is 1.92 bits per heavy atom. The number of hydrogen-bond acceptors (Lipinski definition) is 4. The molecule has 0 aromatic heterocycles. The molecule has 3 rings (SSSR count). The third-order valence-electron chi connectivity index (χ3n) is 4.03. The van der Waals surface area contributed by atoms with E-state index in [-0.39, 0.29) is 5.91 Å². The third kappa shape index (κ3) is 4.69. The number of methoxy groups -OCH3 is 1. The van der Waals surface area contributed by atoms with E-state index in [0.29, 0.717) is 31.9 Å². The van der Waals surface area contributed by atoms with E-state index >= 15 is 0 Å². The molecule has 1 aliphatic rings. The highest BCUT2D eigenvalue weighted by Gasteiger charge is 2.19. The molecule has 2 aromatic rings. The van der Waals surface area contributed by atoms with Crippen LogP contribution in [0, 0.1) is 0 Å².